The first-order valence-electron chi connectivity index (χ1n) is 6.30. The number of anilines is 1. The number of carbonyl (C=O) groups is 1. The molecule has 0 aromatic carbocycles. The Balaban J connectivity index is 0.000000182. The van der Waals surface area contributed by atoms with Gasteiger partial charge in [0.05, 0.1) is 25.0 Å². The molecule has 2 unspecified atom stereocenters. The van der Waals surface area contributed by atoms with Gasteiger partial charge >= 0.3 is 0 Å². The fraction of sp³-hybridized carbons (Fsp3) is 0.667. The van der Waals surface area contributed by atoms with Crippen LogP contribution in [-0.2, 0) is 20.1 Å². The van der Waals surface area contributed by atoms with Gasteiger partial charge in [-0.15, -0.1) is 0 Å². The summed E-state index contributed by atoms with van der Waals surface area (Å²) >= 11 is 5.97. The van der Waals surface area contributed by atoms with E-state index in [1.54, 1.807) is 10.9 Å². The van der Waals surface area contributed by atoms with E-state index >= 15 is 0 Å². The fourth-order valence-electron chi connectivity index (χ4n) is 1.92. The average molecular weight is 303 g/mol. The van der Waals surface area contributed by atoms with E-state index in [2.05, 4.69) is 14.7 Å². The fourth-order valence-corrected chi connectivity index (χ4v) is 2.14. The highest BCUT2D eigenvalue weighted by atomic mass is 35.5. The number of hydrogen-bond acceptors (Lipinski definition) is 6. The summed E-state index contributed by atoms with van der Waals surface area (Å²) in [5.74, 6) is -0.408. The molecule has 2 aliphatic rings. The van der Waals surface area contributed by atoms with Crippen molar-refractivity contribution in [3.8, 4) is 0 Å². The second-order valence-corrected chi connectivity index (χ2v) is 6.00. The Bertz CT molecular complexity index is 499. The van der Waals surface area contributed by atoms with Crippen LogP contribution in [0.4, 0.5) is 5.69 Å². The monoisotopic (exact) mass is 302 g/mol. The first-order valence-corrected chi connectivity index (χ1v) is 6.68. The van der Waals surface area contributed by atoms with Crippen LogP contribution in [0.5, 0.6) is 0 Å². The summed E-state index contributed by atoms with van der Waals surface area (Å²) in [5, 5.41) is 4.57. The number of carbonyl (C=O) groups excluding carboxylic acids is 1. The lowest BCUT2D eigenvalue weighted by atomic mass is 10.2. The average Bonchev–Trinajstić information content (AvgIpc) is 2.70. The number of nitrogens with two attached hydrogens (primary N) is 1. The standard InChI is InChI=1S/C7H9ClN4O.C5H10O2/c8-6-5(9)3-10-12(6)7-4-11(7)1-2-13-7;1-5(2,3)7-4-6/h3H,1-2,4,9H2;4H,1-3H3. The van der Waals surface area contributed by atoms with Crippen molar-refractivity contribution in [3.05, 3.63) is 11.3 Å². The minimum Gasteiger partial charge on any atom is -0.462 e. The Hall–Kier alpha value is -1.31. The van der Waals surface area contributed by atoms with Gasteiger partial charge in [0.2, 0.25) is 5.85 Å². The Kier molecular flexibility index (Phi) is 3.95. The molecule has 0 aliphatic carbocycles. The van der Waals surface area contributed by atoms with Gasteiger partial charge in [-0.2, -0.15) is 5.10 Å². The lowest BCUT2D eigenvalue weighted by Crippen LogP contribution is -2.23. The molecule has 0 spiro atoms. The summed E-state index contributed by atoms with van der Waals surface area (Å²) in [7, 11) is 0. The van der Waals surface area contributed by atoms with E-state index in [1.807, 2.05) is 20.8 Å². The predicted molar refractivity (Wildman–Crippen MR) is 74.1 cm³/mol. The molecule has 1 aromatic heterocycles. The highest BCUT2D eigenvalue weighted by Gasteiger charge is 2.60. The number of halogens is 1. The van der Waals surface area contributed by atoms with Crippen molar-refractivity contribution in [2.24, 2.45) is 0 Å². The Morgan fingerprint density at radius 3 is 2.60 bits per heavy atom. The third-order valence-electron chi connectivity index (χ3n) is 2.95. The number of ether oxygens (including phenoxy) is 2. The predicted octanol–water partition coefficient (Wildman–Crippen LogP) is 1.03. The van der Waals surface area contributed by atoms with Crippen molar-refractivity contribution in [3.63, 3.8) is 0 Å². The lowest BCUT2D eigenvalue weighted by Gasteiger charge is -2.14. The van der Waals surface area contributed by atoms with Gasteiger partial charge < -0.3 is 15.2 Å². The van der Waals surface area contributed by atoms with Gasteiger partial charge in [0.25, 0.3) is 6.47 Å². The normalized spacial score (nSPS) is 27.3. The second-order valence-electron chi connectivity index (χ2n) is 5.64. The third kappa shape index (κ3) is 2.89. The van der Waals surface area contributed by atoms with E-state index in [0.29, 0.717) is 17.3 Å². The zero-order valence-electron chi connectivity index (χ0n) is 11.8. The number of aromatic nitrogens is 2. The molecule has 112 valence electrons. The zero-order chi connectivity index (χ0) is 15.0. The highest BCUT2D eigenvalue weighted by molar-refractivity contribution is 6.32. The summed E-state index contributed by atoms with van der Waals surface area (Å²) in [6.45, 7) is 8.45. The zero-order valence-corrected chi connectivity index (χ0v) is 12.6. The largest absolute Gasteiger partial charge is 0.462 e. The SMILES string of the molecule is CC(C)(C)OC=O.Nc1cnn(C23CN2CCO3)c1Cl. The van der Waals surface area contributed by atoms with Crippen molar-refractivity contribution < 1.29 is 14.3 Å². The molecule has 2 atom stereocenters. The van der Waals surface area contributed by atoms with Gasteiger partial charge in [0.1, 0.15) is 5.60 Å². The van der Waals surface area contributed by atoms with Crippen molar-refractivity contribution in [2.75, 3.05) is 25.4 Å². The number of rotatable bonds is 2. The molecule has 8 heteroatoms. The van der Waals surface area contributed by atoms with Crippen molar-refractivity contribution in [2.45, 2.75) is 32.2 Å². The number of nitrogens with zero attached hydrogens (tertiary/aromatic N) is 3. The van der Waals surface area contributed by atoms with Crippen LogP contribution in [0.25, 0.3) is 0 Å². The van der Waals surface area contributed by atoms with Gasteiger partial charge in [-0.25, -0.2) is 9.58 Å². The Morgan fingerprint density at radius 2 is 2.30 bits per heavy atom. The summed E-state index contributed by atoms with van der Waals surface area (Å²) in [6.07, 6.45) is 1.55. The van der Waals surface area contributed by atoms with Crippen LogP contribution in [0.2, 0.25) is 5.15 Å². The van der Waals surface area contributed by atoms with Gasteiger partial charge in [-0.05, 0) is 20.8 Å². The first-order chi connectivity index (χ1) is 9.30. The quantitative estimate of drug-likeness (QED) is 0.649. The molecule has 2 aliphatic heterocycles. The number of nitrogen functional groups attached to an aromatic ring is 1. The smallest absolute Gasteiger partial charge is 0.293 e. The van der Waals surface area contributed by atoms with Crippen molar-refractivity contribution in [1.82, 2.24) is 14.7 Å². The molecule has 0 radical (unpaired) electrons. The molecule has 0 saturated carbocycles. The minimum atomic E-state index is -0.408. The molecular formula is C12H19ClN4O3. The van der Waals surface area contributed by atoms with Gasteiger partial charge in [-0.3, -0.25) is 4.79 Å². The first kappa shape index (κ1) is 15.1. The summed E-state index contributed by atoms with van der Waals surface area (Å²) in [6, 6.07) is 0. The van der Waals surface area contributed by atoms with E-state index in [9.17, 15) is 4.79 Å². The minimum absolute atomic E-state index is 0.318. The molecule has 0 amide bonds. The van der Waals surface area contributed by atoms with Gasteiger partial charge in [0, 0.05) is 6.54 Å². The molecule has 7 nitrogen and oxygen atoms in total. The van der Waals surface area contributed by atoms with Crippen LogP contribution >= 0.6 is 11.6 Å². The molecule has 2 saturated heterocycles. The van der Waals surface area contributed by atoms with E-state index in [1.165, 1.54) is 0 Å². The molecule has 0 bridgehead atoms. The molecule has 20 heavy (non-hydrogen) atoms. The Morgan fingerprint density at radius 1 is 1.60 bits per heavy atom. The number of hydrogen-bond donors (Lipinski definition) is 1. The molecule has 3 rings (SSSR count). The van der Waals surface area contributed by atoms with E-state index in [0.717, 1.165) is 19.7 Å². The maximum absolute atomic E-state index is 9.60. The van der Waals surface area contributed by atoms with Crippen LogP contribution in [0.15, 0.2) is 6.20 Å². The number of morpholine rings is 1. The second kappa shape index (κ2) is 5.23. The summed E-state index contributed by atoms with van der Waals surface area (Å²) < 4.78 is 11.8. The number of fused-ring (bicyclic) bond motifs is 1. The third-order valence-corrected chi connectivity index (χ3v) is 3.33. The van der Waals surface area contributed by atoms with Crippen LogP contribution in [0, 0.1) is 0 Å². The van der Waals surface area contributed by atoms with Crippen molar-refractivity contribution >= 4 is 23.8 Å². The van der Waals surface area contributed by atoms with E-state index in [-0.39, 0.29) is 5.60 Å². The van der Waals surface area contributed by atoms with Crippen LogP contribution in [0.3, 0.4) is 0 Å². The van der Waals surface area contributed by atoms with Gasteiger partial charge in [-0.1, -0.05) is 11.6 Å². The molecule has 2 fully saturated rings. The maximum Gasteiger partial charge on any atom is 0.293 e. The molecule has 1 aromatic rings. The van der Waals surface area contributed by atoms with E-state index in [4.69, 9.17) is 22.1 Å². The molecule has 3 heterocycles. The Labute approximate surface area is 122 Å². The van der Waals surface area contributed by atoms with Gasteiger partial charge in [0.15, 0.2) is 5.15 Å². The van der Waals surface area contributed by atoms with Crippen molar-refractivity contribution in [1.29, 1.82) is 0 Å². The van der Waals surface area contributed by atoms with Crippen LogP contribution in [0.1, 0.15) is 20.8 Å². The molecular weight excluding hydrogens is 284 g/mol. The molecule has 2 N–H and O–H groups in total. The lowest BCUT2D eigenvalue weighted by molar-refractivity contribution is -0.138. The summed E-state index contributed by atoms with van der Waals surface area (Å²) in [4.78, 5) is 11.8. The topological polar surface area (TPSA) is 82.4 Å². The van der Waals surface area contributed by atoms with Crippen LogP contribution < -0.4 is 5.73 Å². The highest BCUT2D eigenvalue weighted by Crippen LogP contribution is 2.44. The summed E-state index contributed by atoms with van der Waals surface area (Å²) in [5.41, 5.74) is 5.78. The van der Waals surface area contributed by atoms with E-state index < -0.39 is 5.85 Å². The van der Waals surface area contributed by atoms with Crippen LogP contribution in [-0.4, -0.2) is 46.5 Å². The maximum atomic E-state index is 9.60.